The van der Waals surface area contributed by atoms with Crippen LogP contribution in [0.1, 0.15) is 19.4 Å². The molecule has 0 unspecified atom stereocenters. The summed E-state index contributed by atoms with van der Waals surface area (Å²) in [5, 5.41) is 2.84. The Morgan fingerprint density at radius 1 is 1.13 bits per heavy atom. The summed E-state index contributed by atoms with van der Waals surface area (Å²) in [6.45, 7) is 4.74. The quantitative estimate of drug-likeness (QED) is 0.702. The van der Waals surface area contributed by atoms with Crippen LogP contribution in [0.15, 0.2) is 42.5 Å². The fourth-order valence-corrected chi connectivity index (χ4v) is 3.40. The van der Waals surface area contributed by atoms with Gasteiger partial charge < -0.3 is 19.7 Å². The van der Waals surface area contributed by atoms with Gasteiger partial charge in [0.25, 0.3) is 5.91 Å². The number of rotatable bonds is 8. The molecule has 8 nitrogen and oxygen atoms in total. The molecule has 0 aliphatic carbocycles. The van der Waals surface area contributed by atoms with Crippen molar-refractivity contribution in [3.05, 3.63) is 48.0 Å². The van der Waals surface area contributed by atoms with Crippen LogP contribution in [0.5, 0.6) is 11.5 Å². The number of nitrogens with zero attached hydrogens (tertiary/aromatic N) is 2. The van der Waals surface area contributed by atoms with Crippen molar-refractivity contribution in [2.75, 3.05) is 43.6 Å². The summed E-state index contributed by atoms with van der Waals surface area (Å²) in [6.07, 6.45) is 0.195. The van der Waals surface area contributed by atoms with E-state index in [1.54, 1.807) is 42.3 Å². The van der Waals surface area contributed by atoms with E-state index in [1.165, 1.54) is 4.90 Å². The van der Waals surface area contributed by atoms with Crippen molar-refractivity contribution in [1.29, 1.82) is 0 Å². The first-order valence-electron chi connectivity index (χ1n) is 10.2. The molecule has 2 aromatic carbocycles. The highest BCUT2D eigenvalue weighted by atomic mass is 16.5. The monoisotopic (exact) mass is 425 g/mol. The second-order valence-electron chi connectivity index (χ2n) is 7.09. The highest BCUT2D eigenvalue weighted by Gasteiger charge is 2.29. The van der Waals surface area contributed by atoms with Crippen molar-refractivity contribution in [2.45, 2.75) is 20.3 Å². The minimum absolute atomic E-state index is 0.0693. The van der Waals surface area contributed by atoms with Crippen LogP contribution >= 0.6 is 0 Å². The van der Waals surface area contributed by atoms with Gasteiger partial charge in [0.05, 0.1) is 19.2 Å². The van der Waals surface area contributed by atoms with Gasteiger partial charge in [0.1, 0.15) is 18.0 Å². The van der Waals surface area contributed by atoms with Crippen molar-refractivity contribution in [3.63, 3.8) is 0 Å². The lowest BCUT2D eigenvalue weighted by molar-refractivity contribution is -0.131. The molecular weight excluding hydrogens is 398 g/mol. The van der Waals surface area contributed by atoms with E-state index in [0.29, 0.717) is 30.2 Å². The first kappa shape index (κ1) is 22.1. The maximum absolute atomic E-state index is 12.6. The largest absolute Gasteiger partial charge is 0.497 e. The van der Waals surface area contributed by atoms with Crippen LogP contribution in [0.25, 0.3) is 0 Å². The Morgan fingerprint density at radius 2 is 1.84 bits per heavy atom. The predicted molar refractivity (Wildman–Crippen MR) is 118 cm³/mol. The SMILES string of the molecule is CCN(CC)C(=O)CN1C(=O)COc2ccc(NC(=O)Cc3ccc(OC)cc3)cc21. The molecule has 2 aromatic rings. The molecule has 0 radical (unpaired) electrons. The standard InChI is InChI=1S/C23H27N3O5/c1-4-25(5-2)22(28)14-26-19-13-17(8-11-20(19)31-15-23(26)29)24-21(27)12-16-6-9-18(30-3)10-7-16/h6-11,13H,4-5,12,14-15H2,1-3H3,(H,24,27). The Labute approximate surface area is 181 Å². The minimum Gasteiger partial charge on any atom is -0.497 e. The lowest BCUT2D eigenvalue weighted by Gasteiger charge is -2.31. The number of hydrogen-bond donors (Lipinski definition) is 1. The van der Waals surface area contributed by atoms with Gasteiger partial charge in [-0.2, -0.15) is 0 Å². The third kappa shape index (κ3) is 5.33. The molecule has 8 heteroatoms. The van der Waals surface area contributed by atoms with Crippen molar-refractivity contribution in [3.8, 4) is 11.5 Å². The molecule has 164 valence electrons. The zero-order chi connectivity index (χ0) is 22.4. The second kappa shape index (κ2) is 9.97. The number of nitrogens with one attached hydrogen (secondary N) is 1. The second-order valence-corrected chi connectivity index (χ2v) is 7.09. The van der Waals surface area contributed by atoms with Crippen LogP contribution in [0.2, 0.25) is 0 Å². The van der Waals surface area contributed by atoms with E-state index in [2.05, 4.69) is 5.32 Å². The molecule has 1 aliphatic heterocycles. The van der Waals surface area contributed by atoms with E-state index < -0.39 is 0 Å². The van der Waals surface area contributed by atoms with Crippen LogP contribution in [0.3, 0.4) is 0 Å². The van der Waals surface area contributed by atoms with Crippen molar-refractivity contribution in [2.24, 2.45) is 0 Å². The van der Waals surface area contributed by atoms with Crippen LogP contribution in [-0.4, -0.2) is 56.0 Å². The molecule has 1 aliphatic rings. The fraction of sp³-hybridized carbons (Fsp3) is 0.348. The number of fused-ring (bicyclic) bond motifs is 1. The number of carbonyl (C=O) groups excluding carboxylic acids is 3. The predicted octanol–water partition coefficient (Wildman–Crippen LogP) is 2.47. The van der Waals surface area contributed by atoms with E-state index in [9.17, 15) is 14.4 Å². The van der Waals surface area contributed by atoms with Crippen molar-refractivity contribution in [1.82, 2.24) is 4.90 Å². The number of likely N-dealkylation sites (N-methyl/N-ethyl adjacent to an activating group) is 1. The van der Waals surface area contributed by atoms with Crippen LogP contribution in [0.4, 0.5) is 11.4 Å². The summed E-state index contributed by atoms with van der Waals surface area (Å²) in [5.74, 6) is 0.594. The first-order valence-corrected chi connectivity index (χ1v) is 10.2. The maximum atomic E-state index is 12.6. The summed E-state index contributed by atoms with van der Waals surface area (Å²) in [4.78, 5) is 40.6. The summed E-state index contributed by atoms with van der Waals surface area (Å²) < 4.78 is 10.6. The lowest BCUT2D eigenvalue weighted by atomic mass is 10.1. The van der Waals surface area contributed by atoms with E-state index in [4.69, 9.17) is 9.47 Å². The Kier molecular flexibility index (Phi) is 7.12. The average molecular weight is 425 g/mol. The molecule has 3 amide bonds. The van der Waals surface area contributed by atoms with Gasteiger partial charge in [-0.1, -0.05) is 12.1 Å². The van der Waals surface area contributed by atoms with E-state index in [0.717, 1.165) is 11.3 Å². The number of carbonyl (C=O) groups is 3. The third-order valence-corrected chi connectivity index (χ3v) is 5.12. The summed E-state index contributed by atoms with van der Waals surface area (Å²) in [5.41, 5.74) is 1.84. The Hall–Kier alpha value is -3.55. The maximum Gasteiger partial charge on any atom is 0.265 e. The van der Waals surface area contributed by atoms with E-state index >= 15 is 0 Å². The Bertz CT molecular complexity index is 954. The van der Waals surface area contributed by atoms with Crippen molar-refractivity contribution >= 4 is 29.1 Å². The molecular formula is C23H27N3O5. The molecule has 1 N–H and O–H groups in total. The molecule has 0 aromatic heterocycles. The van der Waals surface area contributed by atoms with Crippen LogP contribution in [-0.2, 0) is 20.8 Å². The smallest absolute Gasteiger partial charge is 0.265 e. The molecule has 1 heterocycles. The number of amides is 3. The van der Waals surface area contributed by atoms with Gasteiger partial charge in [0, 0.05) is 18.8 Å². The fourth-order valence-electron chi connectivity index (χ4n) is 3.40. The normalized spacial score (nSPS) is 12.6. The van der Waals surface area contributed by atoms with Gasteiger partial charge in [-0.15, -0.1) is 0 Å². The summed E-state index contributed by atoms with van der Waals surface area (Å²) in [6, 6.07) is 12.3. The van der Waals surface area contributed by atoms with Gasteiger partial charge in [-0.25, -0.2) is 0 Å². The zero-order valence-corrected chi connectivity index (χ0v) is 18.0. The first-order chi connectivity index (χ1) is 14.9. The molecule has 3 rings (SSSR count). The highest BCUT2D eigenvalue weighted by Crippen LogP contribution is 2.34. The van der Waals surface area contributed by atoms with Crippen LogP contribution in [0, 0.1) is 0 Å². The Morgan fingerprint density at radius 3 is 2.48 bits per heavy atom. The van der Waals surface area contributed by atoms with Gasteiger partial charge in [0.2, 0.25) is 11.8 Å². The zero-order valence-electron chi connectivity index (χ0n) is 18.0. The molecule has 0 spiro atoms. The molecule has 0 atom stereocenters. The lowest BCUT2D eigenvalue weighted by Crippen LogP contribution is -2.46. The molecule has 0 saturated carbocycles. The minimum atomic E-state index is -0.297. The number of ether oxygens (including phenoxy) is 2. The summed E-state index contributed by atoms with van der Waals surface area (Å²) >= 11 is 0. The van der Waals surface area contributed by atoms with Gasteiger partial charge in [0.15, 0.2) is 6.61 Å². The van der Waals surface area contributed by atoms with Gasteiger partial charge in [-0.05, 0) is 49.7 Å². The van der Waals surface area contributed by atoms with Gasteiger partial charge in [-0.3, -0.25) is 19.3 Å². The summed E-state index contributed by atoms with van der Waals surface area (Å²) in [7, 11) is 1.59. The Balaban J connectivity index is 1.74. The molecule has 0 saturated heterocycles. The van der Waals surface area contributed by atoms with Crippen LogP contribution < -0.4 is 19.7 Å². The third-order valence-electron chi connectivity index (χ3n) is 5.12. The number of benzene rings is 2. The van der Waals surface area contributed by atoms with Crippen molar-refractivity contribution < 1.29 is 23.9 Å². The number of anilines is 2. The highest BCUT2D eigenvalue weighted by molar-refractivity contribution is 6.03. The topological polar surface area (TPSA) is 88.2 Å². The number of methoxy groups -OCH3 is 1. The molecule has 31 heavy (non-hydrogen) atoms. The number of hydrogen-bond acceptors (Lipinski definition) is 5. The average Bonchev–Trinajstić information content (AvgIpc) is 2.77. The van der Waals surface area contributed by atoms with E-state index in [-0.39, 0.29) is 37.3 Å². The van der Waals surface area contributed by atoms with Gasteiger partial charge >= 0.3 is 0 Å². The molecule has 0 bridgehead atoms. The van der Waals surface area contributed by atoms with E-state index in [1.807, 2.05) is 26.0 Å². The molecule has 0 fully saturated rings.